The van der Waals surface area contributed by atoms with Crippen LogP contribution in [0.3, 0.4) is 0 Å². The second-order valence-electron chi connectivity index (χ2n) is 6.93. The maximum Gasteiger partial charge on any atom is 0.401 e. The molecule has 1 aromatic carbocycles. The van der Waals surface area contributed by atoms with E-state index in [1.54, 1.807) is 13.1 Å². The standard InChI is InChI=1S/C19H28F4N4.HI/c1-24-18(26-10-6-16-3-2-4-17(20)13-16)25-9-5-15-7-11-27(12-8-15)14-19(21,22)23;/h2-4,13,15H,5-12,14H2,1H3,(H2,24,25,26);1H. The Morgan fingerprint density at radius 2 is 1.86 bits per heavy atom. The molecule has 1 aliphatic heterocycles. The normalized spacial score (nSPS) is 16.5. The Hall–Kier alpha value is -1.10. The first-order valence-corrected chi connectivity index (χ1v) is 9.34. The Labute approximate surface area is 181 Å². The topological polar surface area (TPSA) is 39.7 Å². The molecule has 9 heteroatoms. The summed E-state index contributed by atoms with van der Waals surface area (Å²) in [5, 5.41) is 6.43. The number of benzene rings is 1. The summed E-state index contributed by atoms with van der Waals surface area (Å²) < 4.78 is 50.4. The van der Waals surface area contributed by atoms with Crippen LogP contribution in [0.2, 0.25) is 0 Å². The molecular weight excluding hydrogens is 487 g/mol. The predicted molar refractivity (Wildman–Crippen MR) is 115 cm³/mol. The molecule has 2 N–H and O–H groups in total. The zero-order chi connectivity index (χ0) is 19.7. The van der Waals surface area contributed by atoms with Gasteiger partial charge in [-0.15, -0.1) is 24.0 Å². The van der Waals surface area contributed by atoms with E-state index in [0.29, 0.717) is 37.9 Å². The molecular formula is C19H29F4IN4. The number of likely N-dealkylation sites (tertiary alicyclic amines) is 1. The molecule has 28 heavy (non-hydrogen) atoms. The number of halogens is 5. The molecule has 0 saturated carbocycles. The Balaban J connectivity index is 0.00000392. The first-order chi connectivity index (χ1) is 12.9. The minimum Gasteiger partial charge on any atom is -0.356 e. The van der Waals surface area contributed by atoms with E-state index in [0.717, 1.165) is 31.4 Å². The van der Waals surface area contributed by atoms with Crippen LogP contribution in [0.15, 0.2) is 29.3 Å². The maximum atomic E-state index is 13.2. The van der Waals surface area contributed by atoms with Gasteiger partial charge in [0.05, 0.1) is 6.54 Å². The highest BCUT2D eigenvalue weighted by Crippen LogP contribution is 2.23. The van der Waals surface area contributed by atoms with Crippen LogP contribution in [0.1, 0.15) is 24.8 Å². The van der Waals surface area contributed by atoms with Gasteiger partial charge >= 0.3 is 6.18 Å². The van der Waals surface area contributed by atoms with Gasteiger partial charge in [0.1, 0.15) is 5.82 Å². The Kier molecular flexibility index (Phi) is 11.1. The molecule has 0 unspecified atom stereocenters. The first kappa shape index (κ1) is 24.9. The van der Waals surface area contributed by atoms with Crippen molar-refractivity contribution < 1.29 is 17.6 Å². The summed E-state index contributed by atoms with van der Waals surface area (Å²) >= 11 is 0. The van der Waals surface area contributed by atoms with E-state index >= 15 is 0 Å². The second-order valence-corrected chi connectivity index (χ2v) is 6.93. The molecule has 0 amide bonds. The monoisotopic (exact) mass is 516 g/mol. The van der Waals surface area contributed by atoms with Gasteiger partial charge in [-0.3, -0.25) is 9.89 Å². The Morgan fingerprint density at radius 1 is 1.18 bits per heavy atom. The second kappa shape index (κ2) is 12.5. The van der Waals surface area contributed by atoms with E-state index in [1.807, 2.05) is 6.07 Å². The predicted octanol–water partition coefficient (Wildman–Crippen LogP) is 3.82. The SMILES string of the molecule is CN=C(NCCc1cccc(F)c1)NCCC1CCN(CC(F)(F)F)CC1.I. The highest BCUT2D eigenvalue weighted by Gasteiger charge is 2.32. The van der Waals surface area contributed by atoms with E-state index in [1.165, 1.54) is 17.0 Å². The highest BCUT2D eigenvalue weighted by atomic mass is 127. The lowest BCUT2D eigenvalue weighted by Gasteiger charge is -2.32. The van der Waals surface area contributed by atoms with Gasteiger partial charge in [0.2, 0.25) is 0 Å². The van der Waals surface area contributed by atoms with Crippen LogP contribution < -0.4 is 10.6 Å². The molecule has 1 heterocycles. The van der Waals surface area contributed by atoms with Crippen molar-refractivity contribution in [1.82, 2.24) is 15.5 Å². The third-order valence-corrected chi connectivity index (χ3v) is 4.77. The lowest BCUT2D eigenvalue weighted by molar-refractivity contribution is -0.148. The van der Waals surface area contributed by atoms with E-state index in [4.69, 9.17) is 0 Å². The lowest BCUT2D eigenvalue weighted by Crippen LogP contribution is -2.42. The molecule has 0 radical (unpaired) electrons. The van der Waals surface area contributed by atoms with Crippen LogP contribution in [-0.4, -0.2) is 56.8 Å². The van der Waals surface area contributed by atoms with Crippen LogP contribution in [0.25, 0.3) is 0 Å². The molecule has 1 fully saturated rings. The lowest BCUT2D eigenvalue weighted by atomic mass is 9.93. The smallest absolute Gasteiger partial charge is 0.356 e. The average Bonchev–Trinajstić information content (AvgIpc) is 2.60. The van der Waals surface area contributed by atoms with Crippen molar-refractivity contribution in [2.45, 2.75) is 31.9 Å². The third kappa shape index (κ3) is 9.90. The Bertz CT molecular complexity index is 602. The number of rotatable bonds is 7. The molecule has 1 aromatic rings. The fraction of sp³-hybridized carbons (Fsp3) is 0.632. The van der Waals surface area contributed by atoms with Gasteiger partial charge in [0, 0.05) is 20.1 Å². The molecule has 0 atom stereocenters. The number of nitrogens with one attached hydrogen (secondary N) is 2. The molecule has 160 valence electrons. The Morgan fingerprint density at radius 3 is 2.46 bits per heavy atom. The molecule has 0 bridgehead atoms. The van der Waals surface area contributed by atoms with Gasteiger partial charge in [-0.1, -0.05) is 12.1 Å². The van der Waals surface area contributed by atoms with E-state index in [-0.39, 0.29) is 29.8 Å². The van der Waals surface area contributed by atoms with Crippen LogP contribution in [-0.2, 0) is 6.42 Å². The highest BCUT2D eigenvalue weighted by molar-refractivity contribution is 14.0. The van der Waals surface area contributed by atoms with Gasteiger partial charge in [-0.25, -0.2) is 4.39 Å². The summed E-state index contributed by atoms with van der Waals surface area (Å²) in [6, 6.07) is 6.51. The van der Waals surface area contributed by atoms with Gasteiger partial charge in [-0.05, 0) is 62.4 Å². The summed E-state index contributed by atoms with van der Waals surface area (Å²) in [4.78, 5) is 5.64. The van der Waals surface area contributed by atoms with Crippen LogP contribution >= 0.6 is 24.0 Å². The summed E-state index contributed by atoms with van der Waals surface area (Å²) in [5.74, 6) is 0.879. The van der Waals surface area contributed by atoms with Crippen molar-refractivity contribution in [1.29, 1.82) is 0 Å². The summed E-state index contributed by atoms with van der Waals surface area (Å²) in [7, 11) is 1.69. The number of nitrogens with zero attached hydrogens (tertiary/aromatic N) is 2. The van der Waals surface area contributed by atoms with E-state index in [2.05, 4.69) is 15.6 Å². The van der Waals surface area contributed by atoms with Gasteiger partial charge in [0.15, 0.2) is 5.96 Å². The first-order valence-electron chi connectivity index (χ1n) is 9.34. The third-order valence-electron chi connectivity index (χ3n) is 4.77. The van der Waals surface area contributed by atoms with Crippen LogP contribution in [0, 0.1) is 11.7 Å². The molecule has 0 aliphatic carbocycles. The molecule has 1 saturated heterocycles. The minimum absolute atomic E-state index is 0. The number of hydrogen-bond acceptors (Lipinski definition) is 2. The maximum absolute atomic E-state index is 13.2. The number of guanidine groups is 1. The zero-order valence-corrected chi connectivity index (χ0v) is 18.4. The quantitative estimate of drug-likeness (QED) is 0.251. The van der Waals surface area contributed by atoms with Crippen molar-refractivity contribution in [3.63, 3.8) is 0 Å². The molecule has 2 rings (SSSR count). The average molecular weight is 516 g/mol. The number of aliphatic imine (C=N–C) groups is 1. The van der Waals surface area contributed by atoms with E-state index < -0.39 is 12.7 Å². The van der Waals surface area contributed by atoms with Crippen molar-refractivity contribution in [2.75, 3.05) is 39.8 Å². The zero-order valence-electron chi connectivity index (χ0n) is 16.1. The fourth-order valence-electron chi connectivity index (χ4n) is 3.32. The number of alkyl halides is 3. The van der Waals surface area contributed by atoms with Gasteiger partial charge in [0.25, 0.3) is 0 Å². The molecule has 4 nitrogen and oxygen atoms in total. The molecule has 1 aliphatic rings. The summed E-state index contributed by atoms with van der Waals surface area (Å²) in [5.41, 5.74) is 0.920. The molecule has 0 aromatic heterocycles. The number of hydrogen-bond donors (Lipinski definition) is 2. The van der Waals surface area contributed by atoms with Gasteiger partial charge < -0.3 is 10.6 Å². The minimum atomic E-state index is -4.11. The number of piperidine rings is 1. The van der Waals surface area contributed by atoms with Gasteiger partial charge in [-0.2, -0.15) is 13.2 Å². The largest absolute Gasteiger partial charge is 0.401 e. The summed E-state index contributed by atoms with van der Waals surface area (Å²) in [6.45, 7) is 1.57. The van der Waals surface area contributed by atoms with Crippen molar-refractivity contribution >= 4 is 29.9 Å². The van der Waals surface area contributed by atoms with Crippen molar-refractivity contribution in [3.05, 3.63) is 35.6 Å². The summed E-state index contributed by atoms with van der Waals surface area (Å²) in [6.07, 6.45) is -0.925. The fourth-order valence-corrected chi connectivity index (χ4v) is 3.32. The van der Waals surface area contributed by atoms with Crippen molar-refractivity contribution in [3.8, 4) is 0 Å². The van der Waals surface area contributed by atoms with E-state index in [9.17, 15) is 17.6 Å². The van der Waals surface area contributed by atoms with Crippen LogP contribution in [0.4, 0.5) is 17.6 Å². The molecule has 0 spiro atoms. The van der Waals surface area contributed by atoms with Crippen molar-refractivity contribution in [2.24, 2.45) is 10.9 Å². The van der Waals surface area contributed by atoms with Crippen LogP contribution in [0.5, 0.6) is 0 Å².